The van der Waals surface area contributed by atoms with Gasteiger partial charge in [0.2, 0.25) is 0 Å². The number of fused-ring (bicyclic) bond motifs is 3. The molecule has 6 rings (SSSR count). The van der Waals surface area contributed by atoms with Gasteiger partial charge in [-0.1, -0.05) is 66.4 Å². The molecule has 0 saturated carbocycles. The molecule has 0 spiro atoms. The van der Waals surface area contributed by atoms with Crippen molar-refractivity contribution in [3.63, 3.8) is 0 Å². The molecule has 3 N–H and O–H groups in total. The summed E-state index contributed by atoms with van der Waals surface area (Å²) in [6, 6.07) is 25.9. The van der Waals surface area contributed by atoms with Crippen molar-refractivity contribution in [3.8, 4) is 11.8 Å². The molecular formula is C27H18N6O2S. The molecule has 0 unspecified atom stereocenters. The lowest BCUT2D eigenvalue weighted by molar-refractivity contribution is 0.824. The van der Waals surface area contributed by atoms with E-state index in [0.717, 1.165) is 5.56 Å². The fourth-order valence-electron chi connectivity index (χ4n) is 4.39. The van der Waals surface area contributed by atoms with E-state index < -0.39 is 5.56 Å². The van der Waals surface area contributed by atoms with Crippen LogP contribution in [0.2, 0.25) is 0 Å². The maximum absolute atomic E-state index is 13.9. The standard InChI is InChI=1S/C27H18N6O2S/c28-14-21-22(29)23(24-30-19-12-6-4-10-17(19)25(34)32(21)24)33-26(35)18-11-5-7-13-20(18)31-27(33)36-15-16-8-2-1-3-9-16/h1-13,30H,15,29H2. The van der Waals surface area contributed by atoms with Crippen molar-refractivity contribution in [1.82, 2.24) is 18.9 Å². The van der Waals surface area contributed by atoms with Gasteiger partial charge in [0.25, 0.3) is 11.1 Å². The van der Waals surface area contributed by atoms with Crippen LogP contribution < -0.4 is 16.9 Å². The maximum atomic E-state index is 13.9. The van der Waals surface area contributed by atoms with Crippen molar-refractivity contribution in [2.24, 2.45) is 0 Å². The van der Waals surface area contributed by atoms with E-state index in [4.69, 9.17) is 10.7 Å². The first-order valence-electron chi connectivity index (χ1n) is 11.1. The quantitative estimate of drug-likeness (QED) is 0.282. The van der Waals surface area contributed by atoms with E-state index in [9.17, 15) is 14.9 Å². The van der Waals surface area contributed by atoms with Crippen molar-refractivity contribution in [2.45, 2.75) is 10.9 Å². The third-order valence-corrected chi connectivity index (χ3v) is 7.09. The van der Waals surface area contributed by atoms with E-state index in [2.05, 4.69) is 4.98 Å². The second-order valence-corrected chi connectivity index (χ2v) is 9.15. The first-order valence-corrected chi connectivity index (χ1v) is 12.1. The molecule has 9 heteroatoms. The Morgan fingerprint density at radius 3 is 2.39 bits per heavy atom. The summed E-state index contributed by atoms with van der Waals surface area (Å²) in [5.41, 5.74) is 8.41. The van der Waals surface area contributed by atoms with E-state index in [1.807, 2.05) is 42.5 Å². The zero-order valence-electron chi connectivity index (χ0n) is 18.8. The van der Waals surface area contributed by atoms with Gasteiger partial charge >= 0.3 is 0 Å². The Bertz CT molecular complexity index is 1970. The monoisotopic (exact) mass is 490 g/mol. The topological polar surface area (TPSA) is 122 Å². The molecule has 0 aliphatic heterocycles. The fourth-order valence-corrected chi connectivity index (χ4v) is 5.34. The Kier molecular flexibility index (Phi) is 5.09. The highest BCUT2D eigenvalue weighted by Gasteiger charge is 2.25. The predicted molar refractivity (Wildman–Crippen MR) is 142 cm³/mol. The number of hydrogen-bond acceptors (Lipinski definition) is 6. The van der Waals surface area contributed by atoms with Gasteiger partial charge in [0, 0.05) is 5.75 Å². The minimum absolute atomic E-state index is 0.0295. The molecule has 0 atom stereocenters. The van der Waals surface area contributed by atoms with Crippen molar-refractivity contribution in [2.75, 3.05) is 5.73 Å². The summed E-state index contributed by atoms with van der Waals surface area (Å²) in [6.45, 7) is 0. The molecule has 0 saturated heterocycles. The van der Waals surface area contributed by atoms with Gasteiger partial charge < -0.3 is 10.7 Å². The Hall–Kier alpha value is -4.81. The zero-order chi connectivity index (χ0) is 24.8. The van der Waals surface area contributed by atoms with Gasteiger partial charge in [0.15, 0.2) is 10.9 Å². The average molecular weight is 491 g/mol. The lowest BCUT2D eigenvalue weighted by Gasteiger charge is -2.13. The number of anilines is 1. The van der Waals surface area contributed by atoms with E-state index in [-0.39, 0.29) is 28.3 Å². The van der Waals surface area contributed by atoms with Crippen molar-refractivity contribution < 1.29 is 0 Å². The number of nitrogens with zero attached hydrogens (tertiary/aromatic N) is 4. The summed E-state index contributed by atoms with van der Waals surface area (Å²) in [5, 5.41) is 11.1. The molecule has 0 radical (unpaired) electrons. The largest absolute Gasteiger partial charge is 0.395 e. The van der Waals surface area contributed by atoms with Gasteiger partial charge in [-0.05, 0) is 29.8 Å². The second kappa shape index (κ2) is 8.45. The number of rotatable bonds is 4. The zero-order valence-corrected chi connectivity index (χ0v) is 19.6. The van der Waals surface area contributed by atoms with Crippen LogP contribution in [0.25, 0.3) is 33.1 Å². The summed E-state index contributed by atoms with van der Waals surface area (Å²) in [5.74, 6) is 0.557. The van der Waals surface area contributed by atoms with Gasteiger partial charge in [-0.15, -0.1) is 0 Å². The number of thioether (sulfide) groups is 1. The van der Waals surface area contributed by atoms with Gasteiger partial charge in [-0.25, -0.2) is 14.0 Å². The number of aromatic nitrogens is 4. The van der Waals surface area contributed by atoms with Gasteiger partial charge in [0.05, 0.1) is 27.5 Å². The summed E-state index contributed by atoms with van der Waals surface area (Å²) in [7, 11) is 0. The van der Waals surface area contributed by atoms with E-state index in [1.165, 1.54) is 20.7 Å². The van der Waals surface area contributed by atoms with E-state index in [0.29, 0.717) is 32.7 Å². The van der Waals surface area contributed by atoms with Crippen molar-refractivity contribution in [1.29, 1.82) is 5.26 Å². The number of hydrogen-bond donors (Lipinski definition) is 2. The van der Waals surface area contributed by atoms with Crippen LogP contribution in [0.4, 0.5) is 5.69 Å². The van der Waals surface area contributed by atoms with Crippen LogP contribution in [-0.2, 0) is 5.75 Å². The van der Waals surface area contributed by atoms with Crippen molar-refractivity contribution >= 4 is 44.9 Å². The van der Waals surface area contributed by atoms with Crippen LogP contribution in [0.5, 0.6) is 0 Å². The molecule has 3 heterocycles. The first kappa shape index (κ1) is 21.7. The van der Waals surface area contributed by atoms with Gasteiger partial charge in [-0.2, -0.15) is 5.26 Å². The average Bonchev–Trinajstić information content (AvgIpc) is 3.19. The summed E-state index contributed by atoms with van der Waals surface area (Å²) < 4.78 is 2.65. The molecule has 174 valence electrons. The molecule has 0 amide bonds. The summed E-state index contributed by atoms with van der Waals surface area (Å²) >= 11 is 1.38. The van der Waals surface area contributed by atoms with Gasteiger partial charge in [-0.3, -0.25) is 9.59 Å². The van der Waals surface area contributed by atoms with Crippen LogP contribution in [0, 0.1) is 11.3 Å². The highest BCUT2D eigenvalue weighted by atomic mass is 32.2. The third kappa shape index (κ3) is 3.27. The van der Waals surface area contributed by atoms with Crippen LogP contribution in [0.15, 0.2) is 93.6 Å². The van der Waals surface area contributed by atoms with Gasteiger partial charge in [0.1, 0.15) is 17.4 Å². The number of aromatic amines is 1. The molecule has 0 aliphatic rings. The molecule has 0 aliphatic carbocycles. The highest BCUT2D eigenvalue weighted by molar-refractivity contribution is 7.98. The molecule has 8 nitrogen and oxygen atoms in total. The summed E-state index contributed by atoms with van der Waals surface area (Å²) in [4.78, 5) is 35.3. The fraction of sp³-hybridized carbons (Fsp3) is 0.0370. The van der Waals surface area contributed by atoms with E-state index >= 15 is 0 Å². The number of nitrogens with one attached hydrogen (secondary N) is 1. The van der Waals surface area contributed by atoms with E-state index in [1.54, 1.807) is 42.5 Å². The van der Waals surface area contributed by atoms with Crippen LogP contribution in [-0.4, -0.2) is 18.9 Å². The molecule has 36 heavy (non-hydrogen) atoms. The Labute approximate surface area is 208 Å². The maximum Gasteiger partial charge on any atom is 0.266 e. The number of para-hydroxylation sites is 2. The Morgan fingerprint density at radius 1 is 0.917 bits per heavy atom. The molecule has 3 aromatic heterocycles. The molecule has 0 fully saturated rings. The predicted octanol–water partition coefficient (Wildman–Crippen LogP) is 4.23. The Morgan fingerprint density at radius 2 is 1.61 bits per heavy atom. The number of nitrogens with two attached hydrogens (primary N) is 1. The second-order valence-electron chi connectivity index (χ2n) is 8.21. The minimum Gasteiger partial charge on any atom is -0.395 e. The molecular weight excluding hydrogens is 472 g/mol. The van der Waals surface area contributed by atoms with Crippen molar-refractivity contribution in [3.05, 3.63) is 111 Å². The highest BCUT2D eigenvalue weighted by Crippen LogP contribution is 2.32. The van der Waals surface area contributed by atoms with Crippen LogP contribution in [0.3, 0.4) is 0 Å². The molecule has 3 aromatic carbocycles. The lowest BCUT2D eigenvalue weighted by atomic mass is 10.2. The number of nitriles is 1. The summed E-state index contributed by atoms with van der Waals surface area (Å²) in [6.07, 6.45) is 0. The number of nitrogen functional groups attached to an aromatic ring is 1. The molecule has 6 aromatic rings. The first-order chi connectivity index (χ1) is 17.6. The van der Waals surface area contributed by atoms with Crippen LogP contribution >= 0.6 is 11.8 Å². The number of H-pyrrole nitrogens is 1. The minimum atomic E-state index is -0.394. The smallest absolute Gasteiger partial charge is 0.266 e. The SMILES string of the molecule is N#Cc1c(N)c(-n2c(SCc3ccccc3)nc3ccccc3c2=O)c2[nH]c3ccccc3c(=O)n12. The molecule has 0 bridgehead atoms. The number of benzene rings is 3. The third-order valence-electron chi connectivity index (χ3n) is 6.08. The normalized spacial score (nSPS) is 11.3. The Balaban J connectivity index is 1.70. The lowest BCUT2D eigenvalue weighted by Crippen LogP contribution is -2.23. The van der Waals surface area contributed by atoms with Crippen LogP contribution in [0.1, 0.15) is 11.3 Å².